The lowest BCUT2D eigenvalue weighted by molar-refractivity contribution is 0.0618. The molecule has 0 fully saturated rings. The predicted octanol–water partition coefficient (Wildman–Crippen LogP) is 2.45. The van der Waals surface area contributed by atoms with Crippen LogP contribution in [-0.2, 0) is 6.42 Å². The number of hydrogen-bond donors (Lipinski definition) is 2. The van der Waals surface area contributed by atoms with Gasteiger partial charge in [-0.25, -0.2) is 4.98 Å². The second kappa shape index (κ2) is 4.81. The van der Waals surface area contributed by atoms with Gasteiger partial charge in [-0.1, -0.05) is 6.07 Å². The Morgan fingerprint density at radius 3 is 3.09 bits per heavy atom. The van der Waals surface area contributed by atoms with Crippen LogP contribution >= 0.6 is 0 Å². The monoisotopic (exact) mass is 295 g/mol. The smallest absolute Gasteiger partial charge is 0.185 e. The van der Waals surface area contributed by atoms with Crippen LogP contribution in [0, 0.1) is 12.8 Å². The predicted molar refractivity (Wildman–Crippen MR) is 81.8 cm³/mol. The quantitative estimate of drug-likeness (QED) is 0.763. The number of Topliss-reactive ketones (excluding diaryl/α,β-unsaturated/α-hetero) is 1. The fourth-order valence-electron chi connectivity index (χ4n) is 3.42. The van der Waals surface area contributed by atoms with Crippen LogP contribution in [0.1, 0.15) is 40.0 Å². The molecular weight excluding hydrogens is 278 g/mol. The average molecular weight is 295 g/mol. The summed E-state index contributed by atoms with van der Waals surface area (Å²) in [5.74, 6) is -0.435. The Bertz CT molecular complexity index is 862. The number of aliphatic hydroxyl groups excluding tert-OH is 1. The molecule has 3 aromatic rings. The minimum Gasteiger partial charge on any atom is -0.386 e. The first-order valence-electron chi connectivity index (χ1n) is 7.48. The number of rotatable bonds is 2. The van der Waals surface area contributed by atoms with Gasteiger partial charge in [0.2, 0.25) is 0 Å². The van der Waals surface area contributed by atoms with E-state index in [0.29, 0.717) is 17.8 Å². The van der Waals surface area contributed by atoms with E-state index in [2.05, 4.69) is 16.0 Å². The molecule has 0 bridgehead atoms. The third-order valence-corrected chi connectivity index (χ3v) is 4.58. The lowest BCUT2D eigenvalue weighted by Gasteiger charge is -2.25. The summed E-state index contributed by atoms with van der Waals surface area (Å²) < 4.78 is 1.92. The number of carbonyl (C=O) groups is 1. The number of fused-ring (bicyclic) bond motifs is 3. The SMILES string of the molecule is Cc1[nH]cnc1C(O)C1CCc2cc3ccccn3c2C1=O. The molecule has 2 unspecified atom stereocenters. The van der Waals surface area contributed by atoms with E-state index < -0.39 is 12.0 Å². The maximum Gasteiger partial charge on any atom is 0.185 e. The molecule has 4 rings (SSSR count). The van der Waals surface area contributed by atoms with Crippen LogP contribution in [-0.4, -0.2) is 25.3 Å². The summed E-state index contributed by atoms with van der Waals surface area (Å²) in [6.45, 7) is 1.86. The minimum atomic E-state index is -0.860. The first kappa shape index (κ1) is 13.3. The summed E-state index contributed by atoms with van der Waals surface area (Å²) in [5.41, 5.74) is 4.18. The number of carbonyl (C=O) groups excluding carboxylic acids is 1. The Morgan fingerprint density at radius 1 is 1.45 bits per heavy atom. The molecule has 22 heavy (non-hydrogen) atoms. The van der Waals surface area contributed by atoms with Crippen molar-refractivity contribution in [2.75, 3.05) is 0 Å². The number of nitrogens with one attached hydrogen (secondary N) is 1. The van der Waals surface area contributed by atoms with Crippen molar-refractivity contribution >= 4 is 11.3 Å². The van der Waals surface area contributed by atoms with Gasteiger partial charge in [0, 0.05) is 17.4 Å². The third kappa shape index (κ3) is 1.82. The third-order valence-electron chi connectivity index (χ3n) is 4.58. The van der Waals surface area contributed by atoms with E-state index in [0.717, 1.165) is 23.2 Å². The van der Waals surface area contributed by atoms with Gasteiger partial charge in [0.1, 0.15) is 6.10 Å². The first-order chi connectivity index (χ1) is 10.7. The van der Waals surface area contributed by atoms with Crippen molar-refractivity contribution in [2.45, 2.75) is 25.9 Å². The molecule has 0 aromatic carbocycles. The Hall–Kier alpha value is -2.40. The van der Waals surface area contributed by atoms with Crippen molar-refractivity contribution in [3.63, 3.8) is 0 Å². The van der Waals surface area contributed by atoms with Crippen molar-refractivity contribution in [3.05, 3.63) is 59.4 Å². The van der Waals surface area contributed by atoms with Crippen LogP contribution in [0.15, 0.2) is 36.8 Å². The molecule has 0 amide bonds. The maximum atomic E-state index is 12.9. The molecular formula is C17H17N3O2. The van der Waals surface area contributed by atoms with E-state index in [4.69, 9.17) is 0 Å². The lowest BCUT2D eigenvalue weighted by atomic mass is 9.82. The Kier molecular flexibility index (Phi) is 2.90. The maximum absolute atomic E-state index is 12.9. The summed E-state index contributed by atoms with van der Waals surface area (Å²) >= 11 is 0. The van der Waals surface area contributed by atoms with E-state index in [1.807, 2.05) is 35.7 Å². The zero-order valence-corrected chi connectivity index (χ0v) is 12.3. The highest BCUT2D eigenvalue weighted by Gasteiger charge is 2.36. The number of aliphatic hydroxyl groups is 1. The number of ketones is 1. The average Bonchev–Trinajstić information content (AvgIpc) is 3.10. The number of nitrogens with zero attached hydrogens (tertiary/aromatic N) is 2. The number of hydrogen-bond acceptors (Lipinski definition) is 3. The molecule has 0 radical (unpaired) electrons. The van der Waals surface area contributed by atoms with Crippen LogP contribution in [0.25, 0.3) is 5.52 Å². The number of aromatic nitrogens is 3. The van der Waals surface area contributed by atoms with Crippen molar-refractivity contribution in [1.29, 1.82) is 0 Å². The molecule has 0 saturated heterocycles. The lowest BCUT2D eigenvalue weighted by Crippen LogP contribution is -2.29. The van der Waals surface area contributed by atoms with Crippen LogP contribution in [0.2, 0.25) is 0 Å². The zero-order chi connectivity index (χ0) is 15.3. The van der Waals surface area contributed by atoms with Crippen LogP contribution in [0.3, 0.4) is 0 Å². The topological polar surface area (TPSA) is 70.4 Å². The largest absolute Gasteiger partial charge is 0.386 e. The molecule has 2 N–H and O–H groups in total. The minimum absolute atomic E-state index is 0.00218. The second-order valence-electron chi connectivity index (χ2n) is 5.88. The van der Waals surface area contributed by atoms with Crippen molar-refractivity contribution in [1.82, 2.24) is 14.4 Å². The Balaban J connectivity index is 1.77. The molecule has 3 heterocycles. The number of aryl methyl sites for hydroxylation is 2. The fourth-order valence-corrected chi connectivity index (χ4v) is 3.42. The van der Waals surface area contributed by atoms with Crippen LogP contribution < -0.4 is 0 Å². The summed E-state index contributed by atoms with van der Waals surface area (Å²) in [6, 6.07) is 7.94. The fraction of sp³-hybridized carbons (Fsp3) is 0.294. The van der Waals surface area contributed by atoms with Gasteiger partial charge < -0.3 is 14.5 Å². The molecule has 3 aromatic heterocycles. The van der Waals surface area contributed by atoms with Gasteiger partial charge in [0.15, 0.2) is 5.78 Å². The first-order valence-corrected chi connectivity index (χ1v) is 7.48. The molecule has 5 nitrogen and oxygen atoms in total. The molecule has 5 heteroatoms. The molecule has 0 spiro atoms. The molecule has 0 saturated carbocycles. The summed E-state index contributed by atoms with van der Waals surface area (Å²) in [6.07, 6.45) is 4.05. The van der Waals surface area contributed by atoms with Crippen molar-refractivity contribution < 1.29 is 9.90 Å². The van der Waals surface area contributed by atoms with Crippen LogP contribution in [0.4, 0.5) is 0 Å². The van der Waals surface area contributed by atoms with Gasteiger partial charge in [-0.2, -0.15) is 0 Å². The molecule has 1 aliphatic carbocycles. The van der Waals surface area contributed by atoms with Gasteiger partial charge in [0.25, 0.3) is 0 Å². The number of H-pyrrole nitrogens is 1. The molecule has 112 valence electrons. The summed E-state index contributed by atoms with van der Waals surface area (Å²) in [7, 11) is 0. The molecule has 0 aliphatic heterocycles. The van der Waals surface area contributed by atoms with Crippen LogP contribution in [0.5, 0.6) is 0 Å². The van der Waals surface area contributed by atoms with Gasteiger partial charge in [-0.3, -0.25) is 4.79 Å². The van der Waals surface area contributed by atoms with Crippen molar-refractivity contribution in [2.24, 2.45) is 5.92 Å². The van der Waals surface area contributed by atoms with Gasteiger partial charge in [0.05, 0.1) is 23.6 Å². The molecule has 1 aliphatic rings. The van der Waals surface area contributed by atoms with E-state index in [1.54, 1.807) is 6.33 Å². The second-order valence-corrected chi connectivity index (χ2v) is 5.88. The van der Waals surface area contributed by atoms with Gasteiger partial charge in [-0.15, -0.1) is 0 Å². The Labute approximate surface area is 127 Å². The summed E-state index contributed by atoms with van der Waals surface area (Å²) in [4.78, 5) is 20.0. The van der Waals surface area contributed by atoms with E-state index in [-0.39, 0.29) is 5.78 Å². The van der Waals surface area contributed by atoms with E-state index in [9.17, 15) is 9.90 Å². The number of imidazole rings is 1. The number of pyridine rings is 1. The van der Waals surface area contributed by atoms with E-state index in [1.165, 1.54) is 0 Å². The van der Waals surface area contributed by atoms with E-state index >= 15 is 0 Å². The van der Waals surface area contributed by atoms with Gasteiger partial charge in [-0.05, 0) is 43.5 Å². The highest BCUT2D eigenvalue weighted by molar-refractivity contribution is 6.00. The van der Waals surface area contributed by atoms with Gasteiger partial charge >= 0.3 is 0 Å². The highest BCUT2D eigenvalue weighted by Crippen LogP contribution is 2.35. The Morgan fingerprint density at radius 2 is 2.32 bits per heavy atom. The zero-order valence-electron chi connectivity index (χ0n) is 12.3. The molecule has 2 atom stereocenters. The van der Waals surface area contributed by atoms with Crippen molar-refractivity contribution in [3.8, 4) is 0 Å². The normalized spacial score (nSPS) is 19.4. The standard InChI is InChI=1S/C17H17N3O2/c1-10-14(19-9-18-10)16(21)13-6-5-11-8-12-4-2-3-7-20(12)15(11)17(13)22/h2-4,7-9,13,16,21H,5-6H2,1H3,(H,18,19). The summed E-state index contributed by atoms with van der Waals surface area (Å²) in [5, 5.41) is 10.6. The number of aromatic amines is 1. The highest BCUT2D eigenvalue weighted by atomic mass is 16.3.